The van der Waals surface area contributed by atoms with E-state index in [1.54, 1.807) is 30.9 Å². The molecule has 1 aromatic carbocycles. The van der Waals surface area contributed by atoms with Crippen LogP contribution in [0.5, 0.6) is 0 Å². The Labute approximate surface area is 349 Å². The van der Waals surface area contributed by atoms with Crippen molar-refractivity contribution in [3.05, 3.63) is 46.0 Å². The van der Waals surface area contributed by atoms with Gasteiger partial charge in [0.15, 0.2) is 11.6 Å². The third kappa shape index (κ3) is 7.20. The molecule has 1 amide bonds. The molecular formula is C46H63ClMoNO6-. The molecule has 1 aromatic rings. The van der Waals surface area contributed by atoms with E-state index in [1.165, 1.54) is 6.92 Å². The number of allylic oxidation sites excluding steroid dienone is 2. The Kier molecular flexibility index (Phi) is 12.2. The first-order valence-corrected chi connectivity index (χ1v) is 20.8. The minimum absolute atomic E-state index is 0. The van der Waals surface area contributed by atoms with Crippen molar-refractivity contribution in [2.24, 2.45) is 56.2 Å². The van der Waals surface area contributed by atoms with Crippen molar-refractivity contribution >= 4 is 41.3 Å². The van der Waals surface area contributed by atoms with Crippen LogP contribution in [0.1, 0.15) is 139 Å². The van der Waals surface area contributed by atoms with E-state index in [1.807, 2.05) is 18.4 Å². The van der Waals surface area contributed by atoms with Gasteiger partial charge in [-0.05, 0) is 120 Å². The number of fused-ring (bicyclic) bond motifs is 7. The fourth-order valence-corrected chi connectivity index (χ4v) is 13.3. The molecule has 302 valence electrons. The van der Waals surface area contributed by atoms with Crippen molar-refractivity contribution in [2.75, 3.05) is 6.54 Å². The summed E-state index contributed by atoms with van der Waals surface area (Å²) in [6.07, 6.45) is 9.31. The van der Waals surface area contributed by atoms with Crippen LogP contribution in [0.3, 0.4) is 0 Å². The van der Waals surface area contributed by atoms with Crippen LogP contribution in [0.25, 0.3) is 0 Å². The zero-order valence-corrected chi connectivity index (χ0v) is 37.6. The Morgan fingerprint density at radius 3 is 2.18 bits per heavy atom. The van der Waals surface area contributed by atoms with Gasteiger partial charge in [0.2, 0.25) is 5.91 Å². The van der Waals surface area contributed by atoms with Crippen LogP contribution in [-0.2, 0) is 56.3 Å². The van der Waals surface area contributed by atoms with Gasteiger partial charge < -0.3 is 14.4 Å². The first kappa shape index (κ1) is 44.0. The summed E-state index contributed by atoms with van der Waals surface area (Å²) in [7, 11) is 0. The van der Waals surface area contributed by atoms with E-state index < -0.39 is 10.8 Å². The van der Waals surface area contributed by atoms with Gasteiger partial charge >= 0.3 is 5.97 Å². The Morgan fingerprint density at radius 2 is 1.58 bits per heavy atom. The van der Waals surface area contributed by atoms with Gasteiger partial charge in [0, 0.05) is 57.8 Å². The number of amides is 1. The number of ether oxygens (including phenoxy) is 1. The number of ketones is 2. The van der Waals surface area contributed by atoms with Crippen molar-refractivity contribution in [3.8, 4) is 0 Å². The molecule has 0 saturated heterocycles. The summed E-state index contributed by atoms with van der Waals surface area (Å²) >= 11 is 6.13. The van der Waals surface area contributed by atoms with Crippen LogP contribution in [0.15, 0.2) is 35.4 Å². The number of esters is 1. The number of carbonyl (C=O) groups is 4. The number of rotatable bonds is 10. The average Bonchev–Trinajstić information content (AvgIpc) is 3.40. The molecule has 6 rings (SSSR count). The van der Waals surface area contributed by atoms with E-state index in [2.05, 4.69) is 48.5 Å². The van der Waals surface area contributed by atoms with Crippen LogP contribution in [0, 0.1) is 56.2 Å². The van der Waals surface area contributed by atoms with Crippen LogP contribution < -0.4 is 0 Å². The predicted molar refractivity (Wildman–Crippen MR) is 211 cm³/mol. The van der Waals surface area contributed by atoms with E-state index in [9.17, 15) is 24.0 Å². The molecule has 7 nitrogen and oxygen atoms in total. The largest absolute Gasteiger partial charge is 0.541 e. The van der Waals surface area contributed by atoms with Crippen molar-refractivity contribution in [2.45, 2.75) is 146 Å². The van der Waals surface area contributed by atoms with Crippen molar-refractivity contribution in [1.29, 1.82) is 0 Å². The number of hydrogen-bond donors (Lipinski definition) is 0. The molecule has 0 aliphatic heterocycles. The number of Topliss-reactive ketones (excluding diaryl/α,β-unsaturated/α-hetero) is 2. The Hall–Kier alpha value is -2.11. The summed E-state index contributed by atoms with van der Waals surface area (Å²) in [5.41, 5.74) is 0.821. The Bertz CT molecular complexity index is 1750. The van der Waals surface area contributed by atoms with Crippen LogP contribution in [0.2, 0.25) is 5.02 Å². The zero-order valence-electron chi connectivity index (χ0n) is 34.9. The molecule has 0 spiro atoms. The monoisotopic (exact) mass is 858 g/mol. The van der Waals surface area contributed by atoms with Gasteiger partial charge in [-0.1, -0.05) is 86.0 Å². The second kappa shape index (κ2) is 15.2. The van der Waals surface area contributed by atoms with Crippen molar-refractivity contribution in [1.82, 2.24) is 4.90 Å². The molecule has 5 aliphatic carbocycles. The van der Waals surface area contributed by atoms with Crippen molar-refractivity contribution < 1.29 is 49.8 Å². The van der Waals surface area contributed by atoms with E-state index >= 15 is 0 Å². The third-order valence-corrected chi connectivity index (χ3v) is 16.4. The molecule has 0 heterocycles. The fourth-order valence-electron chi connectivity index (χ4n) is 13.2. The SMILES string of the molecule is CC(=O)N(CC(=O)C12CC[C@]3(C)C(CC[C@@H]4[C@@]5(C)CC[C@H](OC(=O)CC(C)(C)[C-]=O)C(C)(C)[C@@H]5CC[C@]43C)C1=C(C(C)C)C(=O)C2)Cc1ccc(Cl)cc1.[Mo]. The molecule has 0 N–H and O–H groups in total. The summed E-state index contributed by atoms with van der Waals surface area (Å²) in [5, 5.41) is 0.618. The Morgan fingerprint density at radius 1 is 0.927 bits per heavy atom. The smallest absolute Gasteiger partial charge is 0.304 e. The number of hydrogen-bond acceptors (Lipinski definition) is 6. The third-order valence-electron chi connectivity index (χ3n) is 16.1. The number of carbonyl (C=O) groups excluding carboxylic acids is 5. The molecule has 8 atom stereocenters. The van der Waals surface area contributed by atoms with Crippen LogP contribution in [0.4, 0.5) is 0 Å². The molecule has 0 bridgehead atoms. The van der Waals surface area contributed by atoms with E-state index in [4.69, 9.17) is 16.3 Å². The average molecular weight is 857 g/mol. The summed E-state index contributed by atoms with van der Waals surface area (Å²) in [6.45, 7) is 21.5. The zero-order chi connectivity index (χ0) is 39.8. The molecule has 5 aliphatic rings. The number of nitrogens with zero attached hydrogens (tertiary/aromatic N) is 1. The topological polar surface area (TPSA) is 97.8 Å². The normalized spacial score (nSPS) is 35.1. The van der Waals surface area contributed by atoms with Gasteiger partial charge in [-0.15, -0.1) is 5.41 Å². The molecule has 0 aromatic heterocycles. The summed E-state index contributed by atoms with van der Waals surface area (Å²) in [5.74, 6) is 0.554. The van der Waals surface area contributed by atoms with Gasteiger partial charge in [-0.25, -0.2) is 0 Å². The molecule has 4 fully saturated rings. The van der Waals surface area contributed by atoms with Gasteiger partial charge in [0.05, 0.1) is 12.0 Å². The quantitative estimate of drug-likeness (QED) is 0.132. The van der Waals surface area contributed by atoms with Gasteiger partial charge in [-0.3, -0.25) is 25.5 Å². The first-order valence-electron chi connectivity index (χ1n) is 20.5. The molecule has 0 radical (unpaired) electrons. The van der Waals surface area contributed by atoms with Crippen molar-refractivity contribution in [3.63, 3.8) is 0 Å². The van der Waals surface area contributed by atoms with Gasteiger partial charge in [-0.2, -0.15) is 0 Å². The van der Waals surface area contributed by atoms with E-state index in [0.717, 1.165) is 61.7 Å². The standard InChI is InChI=1S/C46H63ClNO6.Mo/c1-28(2)39-33(51)23-46(36(52)26-48(29(3)50)25-30-11-13-31(47)14-12-30)22-21-44(9)32(40(39)46)15-16-35-43(8)19-18-37(54-38(53)24-41(4,5)27-49)42(6,7)34(43)17-20-45(35,44)10;/h11-14,28,32,34-35,37H,15-26H2,1-10H3;/q-1;/t32?,34-,35+,37-,43-,44+,45+,46?;/m0./s1. The number of halogens is 1. The maximum Gasteiger partial charge on any atom is 0.304 e. The summed E-state index contributed by atoms with van der Waals surface area (Å²) in [4.78, 5) is 68.1. The molecule has 2 unspecified atom stereocenters. The van der Waals surface area contributed by atoms with Gasteiger partial charge in [0.25, 0.3) is 0 Å². The first-order chi connectivity index (χ1) is 25.1. The second-order valence-corrected chi connectivity index (χ2v) is 20.6. The summed E-state index contributed by atoms with van der Waals surface area (Å²) in [6, 6.07) is 7.37. The summed E-state index contributed by atoms with van der Waals surface area (Å²) < 4.78 is 6.19. The fraction of sp³-hybridized carbons (Fsp3) is 0.717. The maximum absolute atomic E-state index is 14.9. The Balaban J connectivity index is 0.00000580. The van der Waals surface area contributed by atoms with Gasteiger partial charge in [0.1, 0.15) is 6.10 Å². The van der Waals surface area contributed by atoms with E-state index in [-0.39, 0.29) is 103 Å². The number of benzene rings is 1. The molecular weight excluding hydrogens is 794 g/mol. The van der Waals surface area contributed by atoms with Crippen LogP contribution >= 0.6 is 11.6 Å². The van der Waals surface area contributed by atoms with Crippen LogP contribution in [-0.4, -0.2) is 47.3 Å². The molecule has 9 heteroatoms. The molecule has 55 heavy (non-hydrogen) atoms. The maximum atomic E-state index is 14.9. The molecule has 4 saturated carbocycles. The predicted octanol–water partition coefficient (Wildman–Crippen LogP) is 9.67. The minimum Gasteiger partial charge on any atom is -0.541 e. The second-order valence-electron chi connectivity index (χ2n) is 20.2. The minimum atomic E-state index is -0.876. The van der Waals surface area contributed by atoms with E-state index in [0.29, 0.717) is 29.8 Å².